The first-order valence-corrected chi connectivity index (χ1v) is 10.1. The lowest BCUT2D eigenvalue weighted by atomic mass is 10.2. The number of aromatic nitrogens is 3. The van der Waals surface area contributed by atoms with E-state index in [4.69, 9.17) is 4.74 Å². The third-order valence-corrected chi connectivity index (χ3v) is 5.37. The van der Waals surface area contributed by atoms with Gasteiger partial charge in [0, 0.05) is 11.6 Å². The quantitative estimate of drug-likeness (QED) is 0.563. The van der Waals surface area contributed by atoms with Crippen molar-refractivity contribution in [1.82, 2.24) is 14.8 Å². The zero-order valence-corrected chi connectivity index (χ0v) is 17.5. The Hall–Kier alpha value is -2.87. The molecule has 29 heavy (non-hydrogen) atoms. The highest BCUT2D eigenvalue weighted by molar-refractivity contribution is 8.00. The van der Waals surface area contributed by atoms with E-state index in [0.29, 0.717) is 11.0 Å². The van der Waals surface area contributed by atoms with Gasteiger partial charge in [-0.15, -0.1) is 10.2 Å². The Kier molecular flexibility index (Phi) is 6.53. The number of carbonyl (C=O) groups is 1. The molecule has 1 amide bonds. The van der Waals surface area contributed by atoms with E-state index in [1.54, 1.807) is 26.2 Å². The van der Waals surface area contributed by atoms with Crippen molar-refractivity contribution in [2.75, 3.05) is 12.4 Å². The summed E-state index contributed by atoms with van der Waals surface area (Å²) in [7, 11) is 1.62. The van der Waals surface area contributed by atoms with Crippen molar-refractivity contribution < 1.29 is 13.9 Å². The molecule has 2 aromatic carbocycles. The lowest BCUT2D eigenvalue weighted by molar-refractivity contribution is -0.115. The number of ether oxygens (including phenoxy) is 1. The largest absolute Gasteiger partial charge is 0.497 e. The molecule has 0 fully saturated rings. The van der Waals surface area contributed by atoms with Gasteiger partial charge in [-0.25, -0.2) is 4.39 Å². The Labute approximate surface area is 173 Å². The van der Waals surface area contributed by atoms with E-state index >= 15 is 0 Å². The number of thioether (sulfide) groups is 1. The predicted molar refractivity (Wildman–Crippen MR) is 113 cm³/mol. The maximum atomic E-state index is 13.8. The minimum atomic E-state index is -0.486. The molecule has 1 aromatic heterocycles. The highest BCUT2D eigenvalue weighted by atomic mass is 32.2. The van der Waals surface area contributed by atoms with Crippen LogP contribution in [-0.4, -0.2) is 33.0 Å². The number of benzene rings is 2. The molecule has 8 heteroatoms. The van der Waals surface area contributed by atoms with E-state index in [2.05, 4.69) is 15.5 Å². The molecular formula is C21H23FN4O2S. The molecule has 1 N–H and O–H groups in total. The monoisotopic (exact) mass is 414 g/mol. The molecule has 0 bridgehead atoms. The summed E-state index contributed by atoms with van der Waals surface area (Å²) < 4.78 is 21.0. The van der Waals surface area contributed by atoms with Gasteiger partial charge in [-0.3, -0.25) is 9.36 Å². The maximum Gasteiger partial charge on any atom is 0.237 e. The Morgan fingerprint density at radius 1 is 1.10 bits per heavy atom. The zero-order chi connectivity index (χ0) is 21.0. The van der Waals surface area contributed by atoms with Crippen LogP contribution in [0.5, 0.6) is 5.75 Å². The van der Waals surface area contributed by atoms with Gasteiger partial charge >= 0.3 is 0 Å². The molecule has 1 atom stereocenters. The third-order valence-electron chi connectivity index (χ3n) is 4.31. The van der Waals surface area contributed by atoms with Crippen LogP contribution in [0.25, 0.3) is 11.4 Å². The standard InChI is InChI=1S/C21H23FN4O2S/c1-13(2)26-19(15-9-11-16(28-4)12-10-15)24-25-21(26)29-14(3)20(27)23-18-8-6-5-7-17(18)22/h5-14H,1-4H3,(H,23,27)/t14-/m1/s1. The highest BCUT2D eigenvalue weighted by Crippen LogP contribution is 2.31. The number of rotatable bonds is 7. The summed E-state index contributed by atoms with van der Waals surface area (Å²) >= 11 is 1.29. The molecule has 0 aliphatic rings. The van der Waals surface area contributed by atoms with Crippen LogP contribution >= 0.6 is 11.8 Å². The van der Waals surface area contributed by atoms with E-state index in [0.717, 1.165) is 11.3 Å². The number of nitrogens with zero attached hydrogens (tertiary/aromatic N) is 3. The van der Waals surface area contributed by atoms with Gasteiger partial charge in [0.2, 0.25) is 5.91 Å². The van der Waals surface area contributed by atoms with Crippen LogP contribution < -0.4 is 10.1 Å². The van der Waals surface area contributed by atoms with E-state index in [9.17, 15) is 9.18 Å². The summed E-state index contributed by atoms with van der Waals surface area (Å²) in [6.45, 7) is 5.82. The number of para-hydroxylation sites is 1. The molecule has 0 saturated carbocycles. The van der Waals surface area contributed by atoms with E-state index in [-0.39, 0.29) is 17.6 Å². The third kappa shape index (κ3) is 4.76. The van der Waals surface area contributed by atoms with Crippen LogP contribution in [0.4, 0.5) is 10.1 Å². The Balaban J connectivity index is 1.80. The normalized spacial score (nSPS) is 12.1. The topological polar surface area (TPSA) is 69.0 Å². The first-order valence-electron chi connectivity index (χ1n) is 9.22. The van der Waals surface area contributed by atoms with Crippen LogP contribution in [0.3, 0.4) is 0 Å². The van der Waals surface area contributed by atoms with Crippen LogP contribution in [0.2, 0.25) is 0 Å². The van der Waals surface area contributed by atoms with Gasteiger partial charge in [0.15, 0.2) is 11.0 Å². The van der Waals surface area contributed by atoms with Gasteiger partial charge < -0.3 is 10.1 Å². The maximum absolute atomic E-state index is 13.8. The van der Waals surface area contributed by atoms with Crippen molar-refractivity contribution in [3.63, 3.8) is 0 Å². The number of hydrogen-bond donors (Lipinski definition) is 1. The predicted octanol–water partition coefficient (Wildman–Crippen LogP) is 4.79. The summed E-state index contributed by atoms with van der Waals surface area (Å²) in [5.41, 5.74) is 1.07. The summed E-state index contributed by atoms with van der Waals surface area (Å²) in [6, 6.07) is 13.8. The number of halogens is 1. The number of anilines is 1. The second-order valence-electron chi connectivity index (χ2n) is 6.73. The molecule has 3 aromatic rings. The summed E-state index contributed by atoms with van der Waals surface area (Å²) in [6.07, 6.45) is 0. The van der Waals surface area contributed by atoms with Crippen molar-refractivity contribution in [3.8, 4) is 17.1 Å². The number of amides is 1. The molecule has 0 aliphatic heterocycles. The number of methoxy groups -OCH3 is 1. The first kappa shape index (κ1) is 20.9. The molecule has 0 saturated heterocycles. The molecule has 0 radical (unpaired) electrons. The molecule has 0 aliphatic carbocycles. The number of carbonyl (C=O) groups excluding carboxylic acids is 1. The van der Waals surface area contributed by atoms with Crippen molar-refractivity contribution in [2.45, 2.75) is 37.2 Å². The minimum absolute atomic E-state index is 0.0893. The fourth-order valence-electron chi connectivity index (χ4n) is 2.77. The lowest BCUT2D eigenvalue weighted by Crippen LogP contribution is -2.23. The van der Waals surface area contributed by atoms with E-state index in [1.807, 2.05) is 42.7 Å². The lowest BCUT2D eigenvalue weighted by Gasteiger charge is -2.16. The fourth-order valence-corrected chi connectivity index (χ4v) is 3.75. The van der Waals surface area contributed by atoms with Crippen molar-refractivity contribution in [2.24, 2.45) is 0 Å². The van der Waals surface area contributed by atoms with Gasteiger partial charge in [-0.05, 0) is 57.2 Å². The second kappa shape index (κ2) is 9.09. The Morgan fingerprint density at radius 3 is 2.41 bits per heavy atom. The minimum Gasteiger partial charge on any atom is -0.497 e. The molecule has 3 rings (SSSR count). The van der Waals surface area contributed by atoms with E-state index in [1.165, 1.54) is 23.9 Å². The number of hydrogen-bond acceptors (Lipinski definition) is 5. The smallest absolute Gasteiger partial charge is 0.237 e. The molecule has 0 unspecified atom stereocenters. The zero-order valence-electron chi connectivity index (χ0n) is 16.7. The van der Waals surface area contributed by atoms with Crippen LogP contribution in [0.15, 0.2) is 53.7 Å². The van der Waals surface area contributed by atoms with Crippen LogP contribution in [-0.2, 0) is 4.79 Å². The van der Waals surface area contributed by atoms with Gasteiger partial charge in [-0.2, -0.15) is 0 Å². The SMILES string of the molecule is COc1ccc(-c2nnc(S[C@H](C)C(=O)Nc3ccccc3F)n2C(C)C)cc1. The van der Waals surface area contributed by atoms with Crippen LogP contribution in [0.1, 0.15) is 26.8 Å². The molecule has 1 heterocycles. The Morgan fingerprint density at radius 2 is 1.79 bits per heavy atom. The fraction of sp³-hybridized carbons (Fsp3) is 0.286. The molecule has 6 nitrogen and oxygen atoms in total. The van der Waals surface area contributed by atoms with Crippen molar-refractivity contribution in [1.29, 1.82) is 0 Å². The number of nitrogens with one attached hydrogen (secondary N) is 1. The van der Waals surface area contributed by atoms with E-state index < -0.39 is 11.1 Å². The average molecular weight is 415 g/mol. The van der Waals surface area contributed by atoms with Gasteiger partial charge in [-0.1, -0.05) is 23.9 Å². The summed E-state index contributed by atoms with van der Waals surface area (Å²) in [5, 5.41) is 11.4. The second-order valence-corrected chi connectivity index (χ2v) is 8.04. The van der Waals surface area contributed by atoms with Gasteiger partial charge in [0.25, 0.3) is 0 Å². The molecular weight excluding hydrogens is 391 g/mol. The summed E-state index contributed by atoms with van der Waals surface area (Å²) in [4.78, 5) is 12.5. The first-order chi connectivity index (χ1) is 13.9. The summed E-state index contributed by atoms with van der Waals surface area (Å²) in [5.74, 6) is 0.707. The van der Waals surface area contributed by atoms with Crippen molar-refractivity contribution in [3.05, 3.63) is 54.3 Å². The van der Waals surface area contributed by atoms with Gasteiger partial charge in [0.05, 0.1) is 18.0 Å². The highest BCUT2D eigenvalue weighted by Gasteiger charge is 2.22. The van der Waals surface area contributed by atoms with Crippen molar-refractivity contribution >= 4 is 23.4 Å². The van der Waals surface area contributed by atoms with Gasteiger partial charge in [0.1, 0.15) is 11.6 Å². The average Bonchev–Trinajstić information content (AvgIpc) is 3.13. The molecule has 0 spiro atoms. The van der Waals surface area contributed by atoms with Crippen LogP contribution in [0, 0.1) is 5.82 Å². The Bertz CT molecular complexity index is 989. The molecule has 152 valence electrons.